The number of nitrogens with two attached hydrogens (primary N) is 2. The van der Waals surface area contributed by atoms with E-state index in [2.05, 4.69) is 9.88 Å². The van der Waals surface area contributed by atoms with E-state index in [4.69, 9.17) is 16.5 Å². The Morgan fingerprint density at radius 3 is 2.72 bits per heavy atom. The molecular formula is C23H28F3N5O. The summed E-state index contributed by atoms with van der Waals surface area (Å²) in [5.41, 5.74) is 11.8. The molecule has 5 rings (SSSR count). The third-order valence-corrected chi connectivity index (χ3v) is 7.97. The van der Waals surface area contributed by atoms with Crippen molar-refractivity contribution >= 4 is 23.1 Å². The quantitative estimate of drug-likeness (QED) is 0.676. The summed E-state index contributed by atoms with van der Waals surface area (Å²) in [5.74, 6) is 0.970. The number of pyridine rings is 1. The van der Waals surface area contributed by atoms with Gasteiger partial charge in [0.2, 0.25) is 5.91 Å². The van der Waals surface area contributed by atoms with Gasteiger partial charge in [0.15, 0.2) is 0 Å². The molecule has 1 aromatic rings. The highest BCUT2D eigenvalue weighted by molar-refractivity contribution is 6.07. The van der Waals surface area contributed by atoms with Gasteiger partial charge in [-0.05, 0) is 63.0 Å². The van der Waals surface area contributed by atoms with E-state index in [1.165, 1.54) is 6.20 Å². The van der Waals surface area contributed by atoms with Crippen LogP contribution in [-0.2, 0) is 11.0 Å². The minimum Gasteiger partial charge on any atom is -0.398 e. The van der Waals surface area contributed by atoms with Crippen LogP contribution in [0.4, 0.5) is 19.0 Å². The van der Waals surface area contributed by atoms with Crippen LogP contribution in [0.3, 0.4) is 0 Å². The molecule has 4 bridgehead atoms. The molecule has 6 nitrogen and oxygen atoms in total. The first-order chi connectivity index (χ1) is 15.0. The highest BCUT2D eigenvalue weighted by atomic mass is 19.4. The lowest BCUT2D eigenvalue weighted by molar-refractivity contribution is -0.137. The van der Waals surface area contributed by atoms with Crippen molar-refractivity contribution in [3.05, 3.63) is 29.5 Å². The molecule has 1 saturated heterocycles. The Balaban J connectivity index is 1.48. The van der Waals surface area contributed by atoms with Crippen LogP contribution in [0.2, 0.25) is 0 Å². The molecule has 2 heterocycles. The molecule has 0 aromatic carbocycles. The predicted molar refractivity (Wildman–Crippen MR) is 115 cm³/mol. The summed E-state index contributed by atoms with van der Waals surface area (Å²) in [6.45, 7) is 4.78. The topological polar surface area (TPSA) is 97.6 Å². The maximum Gasteiger partial charge on any atom is 0.419 e. The number of rotatable bonds is 5. The smallest absolute Gasteiger partial charge is 0.398 e. The number of amides is 1. The largest absolute Gasteiger partial charge is 0.419 e. The van der Waals surface area contributed by atoms with Crippen LogP contribution in [0.5, 0.6) is 0 Å². The van der Waals surface area contributed by atoms with Crippen molar-refractivity contribution in [1.29, 1.82) is 0 Å². The van der Waals surface area contributed by atoms with Crippen LogP contribution < -0.4 is 11.5 Å². The van der Waals surface area contributed by atoms with Crippen LogP contribution in [0.15, 0.2) is 23.3 Å². The average Bonchev–Trinajstić information content (AvgIpc) is 3.39. The maximum atomic E-state index is 13.3. The van der Waals surface area contributed by atoms with E-state index in [1.54, 1.807) is 6.08 Å². The zero-order valence-corrected chi connectivity index (χ0v) is 18.2. The lowest BCUT2D eigenvalue weighted by Gasteiger charge is -2.58. The normalized spacial score (nSPS) is 34.2. The number of alkyl halides is 3. The molecule has 1 aliphatic heterocycles. The summed E-state index contributed by atoms with van der Waals surface area (Å²) in [6.07, 6.45) is 1.97. The Hall–Kier alpha value is -2.58. The fourth-order valence-electron chi connectivity index (χ4n) is 6.72. The van der Waals surface area contributed by atoms with Crippen molar-refractivity contribution in [2.75, 3.05) is 12.3 Å². The molecule has 9 heteroatoms. The summed E-state index contributed by atoms with van der Waals surface area (Å²) in [7, 11) is 0. The highest BCUT2D eigenvalue weighted by Crippen LogP contribution is 2.79. The fourth-order valence-corrected chi connectivity index (χ4v) is 6.72. The minimum absolute atomic E-state index is 0.0182. The van der Waals surface area contributed by atoms with Gasteiger partial charge in [-0.1, -0.05) is 0 Å². The van der Waals surface area contributed by atoms with E-state index in [-0.39, 0.29) is 34.7 Å². The monoisotopic (exact) mass is 447 g/mol. The number of likely N-dealkylation sites (tertiary alicyclic amines) is 1. The minimum atomic E-state index is -4.61. The summed E-state index contributed by atoms with van der Waals surface area (Å²) in [6, 6.07) is 1.23. The molecule has 4 fully saturated rings. The highest BCUT2D eigenvalue weighted by Gasteiger charge is 2.79. The van der Waals surface area contributed by atoms with Crippen molar-refractivity contribution in [2.45, 2.75) is 57.8 Å². The van der Waals surface area contributed by atoms with Gasteiger partial charge in [0, 0.05) is 53.6 Å². The number of anilines is 1. The molecule has 1 amide bonds. The summed E-state index contributed by atoms with van der Waals surface area (Å²) in [4.78, 5) is 23.1. The molecule has 32 heavy (non-hydrogen) atoms. The molecule has 172 valence electrons. The number of carbonyl (C=O) groups excluding carboxylic acids is 1. The SMILES string of the molecule is CC(C)N=C(C=C(N)c1cnc(N)c(C(F)(F)F)c1)C12CC3C(N4CCCC4=O)C1CC32. The Morgan fingerprint density at radius 1 is 1.38 bits per heavy atom. The van der Waals surface area contributed by atoms with Crippen molar-refractivity contribution in [3.8, 4) is 0 Å². The number of hydrogen-bond acceptors (Lipinski definition) is 5. The van der Waals surface area contributed by atoms with Gasteiger partial charge in [0.05, 0.1) is 5.56 Å². The third kappa shape index (κ3) is 2.89. The Labute approximate surface area is 185 Å². The number of aromatic nitrogens is 1. The predicted octanol–water partition coefficient (Wildman–Crippen LogP) is 3.48. The molecule has 5 unspecified atom stereocenters. The molecule has 4 aliphatic rings. The molecule has 1 aromatic heterocycles. The van der Waals surface area contributed by atoms with Crippen LogP contribution in [0, 0.1) is 23.2 Å². The first-order valence-electron chi connectivity index (χ1n) is 11.2. The molecular weight excluding hydrogens is 419 g/mol. The molecule has 4 N–H and O–H groups in total. The summed E-state index contributed by atoms with van der Waals surface area (Å²) < 4.78 is 39.8. The molecule has 3 aliphatic carbocycles. The Kier molecular flexibility index (Phi) is 4.63. The van der Waals surface area contributed by atoms with Crippen molar-refractivity contribution in [2.24, 2.45) is 33.9 Å². The van der Waals surface area contributed by atoms with E-state index in [0.717, 1.165) is 37.6 Å². The summed E-state index contributed by atoms with van der Waals surface area (Å²) >= 11 is 0. The first-order valence-corrected chi connectivity index (χ1v) is 11.2. The van der Waals surface area contributed by atoms with E-state index in [9.17, 15) is 18.0 Å². The van der Waals surface area contributed by atoms with E-state index in [1.807, 2.05) is 13.8 Å². The van der Waals surface area contributed by atoms with Gasteiger partial charge >= 0.3 is 6.18 Å². The van der Waals surface area contributed by atoms with E-state index < -0.39 is 17.6 Å². The second-order valence-electron chi connectivity index (χ2n) is 9.90. The van der Waals surface area contributed by atoms with Gasteiger partial charge in [0.25, 0.3) is 0 Å². The number of halogens is 3. The summed E-state index contributed by atoms with van der Waals surface area (Å²) in [5, 5.41) is 0. The van der Waals surface area contributed by atoms with Gasteiger partial charge in [-0.25, -0.2) is 4.98 Å². The molecule has 5 atom stereocenters. The van der Waals surface area contributed by atoms with E-state index >= 15 is 0 Å². The van der Waals surface area contributed by atoms with Gasteiger partial charge in [-0.2, -0.15) is 13.2 Å². The van der Waals surface area contributed by atoms with Crippen molar-refractivity contribution < 1.29 is 18.0 Å². The van der Waals surface area contributed by atoms with E-state index in [0.29, 0.717) is 24.2 Å². The lowest BCUT2D eigenvalue weighted by atomic mass is 9.45. The Bertz CT molecular complexity index is 1030. The Morgan fingerprint density at radius 2 is 2.12 bits per heavy atom. The number of aliphatic imine (C=N–C) groups is 1. The van der Waals surface area contributed by atoms with Crippen molar-refractivity contribution in [3.63, 3.8) is 0 Å². The maximum absolute atomic E-state index is 13.3. The average molecular weight is 448 g/mol. The third-order valence-electron chi connectivity index (χ3n) is 7.97. The zero-order chi connectivity index (χ0) is 23.0. The van der Waals surface area contributed by atoms with Gasteiger partial charge in [-0.3, -0.25) is 9.79 Å². The number of allylic oxidation sites excluding steroid dienone is 1. The number of carbonyl (C=O) groups is 1. The molecule has 0 spiro atoms. The van der Waals surface area contributed by atoms with Crippen LogP contribution in [-0.4, -0.2) is 40.1 Å². The lowest BCUT2D eigenvalue weighted by Crippen LogP contribution is -2.56. The fraction of sp³-hybridized carbons (Fsp3) is 0.609. The van der Waals surface area contributed by atoms with Crippen LogP contribution in [0.1, 0.15) is 50.7 Å². The number of nitrogens with zero attached hydrogens (tertiary/aromatic N) is 3. The van der Waals surface area contributed by atoms with Gasteiger partial charge < -0.3 is 16.4 Å². The standard InChI is InChI=1S/C23H28F3N5O/c1-11(2)30-18(8-17(27)12-6-16(23(24,25)26)21(28)29-10-12)22-9-13-14(22)7-15(22)20(13)31-5-3-4-19(31)32/h6,8,10-11,13-15,20H,3-5,7,9,27H2,1-2H3,(H2,28,29). The number of hydrogen-bond donors (Lipinski definition) is 2. The molecule has 0 radical (unpaired) electrons. The number of nitrogen functional groups attached to an aromatic ring is 1. The molecule has 3 saturated carbocycles. The zero-order valence-electron chi connectivity index (χ0n) is 18.2. The second-order valence-corrected chi connectivity index (χ2v) is 9.90. The van der Waals surface area contributed by atoms with Gasteiger partial charge in [0.1, 0.15) is 5.82 Å². The van der Waals surface area contributed by atoms with Crippen LogP contribution in [0.25, 0.3) is 5.70 Å². The van der Waals surface area contributed by atoms with Gasteiger partial charge in [-0.15, -0.1) is 0 Å². The first kappa shape index (κ1) is 21.3. The van der Waals surface area contributed by atoms with Crippen molar-refractivity contribution in [1.82, 2.24) is 9.88 Å². The van der Waals surface area contributed by atoms with Crippen LogP contribution >= 0.6 is 0 Å². The second kappa shape index (κ2) is 6.96.